The van der Waals surface area contributed by atoms with Crippen molar-refractivity contribution in [2.24, 2.45) is 0 Å². The van der Waals surface area contributed by atoms with E-state index in [2.05, 4.69) is 42.3 Å². The van der Waals surface area contributed by atoms with Gasteiger partial charge in [-0.1, -0.05) is 44.2 Å². The maximum absolute atomic E-state index is 12.8. The molecular formula is C26H36N2O3. The van der Waals surface area contributed by atoms with Crippen molar-refractivity contribution >= 4 is 5.91 Å². The van der Waals surface area contributed by atoms with Gasteiger partial charge in [-0.2, -0.15) is 0 Å². The van der Waals surface area contributed by atoms with Gasteiger partial charge < -0.3 is 14.8 Å². The summed E-state index contributed by atoms with van der Waals surface area (Å²) in [5.41, 5.74) is 3.47. The van der Waals surface area contributed by atoms with Gasteiger partial charge in [-0.25, -0.2) is 0 Å². The fourth-order valence-corrected chi connectivity index (χ4v) is 4.09. The van der Waals surface area contributed by atoms with Gasteiger partial charge in [0.25, 0.3) is 5.91 Å². The van der Waals surface area contributed by atoms with Crippen LogP contribution in [0, 0.1) is 6.92 Å². The van der Waals surface area contributed by atoms with E-state index >= 15 is 0 Å². The number of ether oxygens (including phenoxy) is 2. The minimum absolute atomic E-state index is 0.0422. The zero-order valence-electron chi connectivity index (χ0n) is 19.5. The Hall–Kier alpha value is -2.53. The maximum Gasteiger partial charge on any atom is 0.260 e. The van der Waals surface area contributed by atoms with Gasteiger partial charge in [0, 0.05) is 31.2 Å². The Kier molecular flexibility index (Phi) is 7.97. The van der Waals surface area contributed by atoms with Crippen molar-refractivity contribution in [3.63, 3.8) is 0 Å². The third-order valence-corrected chi connectivity index (χ3v) is 5.98. The molecule has 1 aliphatic rings. The first kappa shape index (κ1) is 23.1. The summed E-state index contributed by atoms with van der Waals surface area (Å²) in [7, 11) is 1.71. The van der Waals surface area contributed by atoms with Crippen LogP contribution in [0.5, 0.6) is 11.5 Å². The van der Waals surface area contributed by atoms with Crippen LogP contribution in [0.2, 0.25) is 0 Å². The first-order valence-electron chi connectivity index (χ1n) is 11.3. The van der Waals surface area contributed by atoms with E-state index in [0.29, 0.717) is 5.92 Å². The minimum Gasteiger partial charge on any atom is -0.496 e. The van der Waals surface area contributed by atoms with Crippen LogP contribution in [-0.2, 0) is 11.3 Å². The van der Waals surface area contributed by atoms with Crippen LogP contribution in [0.3, 0.4) is 0 Å². The molecule has 2 aromatic carbocycles. The summed E-state index contributed by atoms with van der Waals surface area (Å²) in [5.74, 6) is 2.04. The number of carbonyl (C=O) groups is 1. The summed E-state index contributed by atoms with van der Waals surface area (Å²) < 4.78 is 11.5. The highest BCUT2D eigenvalue weighted by Crippen LogP contribution is 2.28. The normalized spacial score (nSPS) is 16.2. The summed E-state index contributed by atoms with van der Waals surface area (Å²) >= 11 is 0. The molecule has 0 aliphatic carbocycles. The standard InChI is InChI=1S/C26H36N2O3/c1-18(2)23-11-10-19(3)16-25(23)31-20(4)26(29)27-22-12-14-28(15-13-22)17-21-8-6-7-9-24(21)30-5/h6-11,16,18,20,22H,12-15,17H2,1-5H3,(H,27,29). The first-order valence-corrected chi connectivity index (χ1v) is 11.3. The zero-order valence-corrected chi connectivity index (χ0v) is 19.5. The summed E-state index contributed by atoms with van der Waals surface area (Å²) in [6.45, 7) is 10.9. The number of rotatable bonds is 8. The molecule has 5 nitrogen and oxygen atoms in total. The second kappa shape index (κ2) is 10.7. The topological polar surface area (TPSA) is 50.8 Å². The Balaban J connectivity index is 1.50. The van der Waals surface area contributed by atoms with Crippen molar-refractivity contribution < 1.29 is 14.3 Å². The van der Waals surface area contributed by atoms with Crippen LogP contribution in [0.15, 0.2) is 42.5 Å². The number of amides is 1. The molecule has 5 heteroatoms. The fraction of sp³-hybridized carbons (Fsp3) is 0.500. The molecule has 1 fully saturated rings. The number of methoxy groups -OCH3 is 1. The molecule has 0 aromatic heterocycles. The van der Waals surface area contributed by atoms with Crippen molar-refractivity contribution in [1.82, 2.24) is 10.2 Å². The molecule has 1 aliphatic heterocycles. The van der Waals surface area contributed by atoms with Crippen molar-refractivity contribution in [3.8, 4) is 11.5 Å². The SMILES string of the molecule is COc1ccccc1CN1CCC(NC(=O)C(C)Oc2cc(C)ccc2C(C)C)CC1. The summed E-state index contributed by atoms with van der Waals surface area (Å²) in [5, 5.41) is 3.19. The highest BCUT2D eigenvalue weighted by molar-refractivity contribution is 5.81. The van der Waals surface area contributed by atoms with E-state index in [1.807, 2.05) is 38.1 Å². The number of carbonyl (C=O) groups excluding carboxylic acids is 1. The van der Waals surface area contributed by atoms with E-state index < -0.39 is 6.10 Å². The Bertz CT molecular complexity index is 873. The first-order chi connectivity index (χ1) is 14.9. The molecule has 1 amide bonds. The molecule has 168 valence electrons. The van der Waals surface area contributed by atoms with Gasteiger partial charge in [0.05, 0.1) is 7.11 Å². The highest BCUT2D eigenvalue weighted by atomic mass is 16.5. The Morgan fingerprint density at radius 1 is 1.10 bits per heavy atom. The van der Waals surface area contributed by atoms with Crippen LogP contribution in [-0.4, -0.2) is 43.2 Å². The third-order valence-electron chi connectivity index (χ3n) is 5.98. The summed E-state index contributed by atoms with van der Waals surface area (Å²) in [4.78, 5) is 15.2. The monoisotopic (exact) mass is 424 g/mol. The van der Waals surface area contributed by atoms with Crippen LogP contribution < -0.4 is 14.8 Å². The van der Waals surface area contributed by atoms with E-state index in [9.17, 15) is 4.79 Å². The molecule has 3 rings (SSSR count). The summed E-state index contributed by atoms with van der Waals surface area (Å²) in [6.07, 6.45) is 1.36. The number of aryl methyl sites for hydroxylation is 1. The van der Waals surface area contributed by atoms with Crippen LogP contribution in [0.1, 0.15) is 56.2 Å². The number of hydrogen-bond acceptors (Lipinski definition) is 4. The lowest BCUT2D eigenvalue weighted by Crippen LogP contribution is -2.47. The van der Waals surface area contributed by atoms with Crippen LogP contribution in [0.4, 0.5) is 0 Å². The molecule has 2 aromatic rings. The molecule has 0 radical (unpaired) electrons. The fourth-order valence-electron chi connectivity index (χ4n) is 4.09. The van der Waals surface area contributed by atoms with Gasteiger partial charge in [0.15, 0.2) is 6.10 Å². The second-order valence-corrected chi connectivity index (χ2v) is 8.83. The maximum atomic E-state index is 12.8. The van der Waals surface area contributed by atoms with E-state index in [1.54, 1.807) is 7.11 Å². The number of benzene rings is 2. The molecule has 31 heavy (non-hydrogen) atoms. The number of para-hydroxylation sites is 1. The predicted molar refractivity (Wildman–Crippen MR) is 125 cm³/mol. The average molecular weight is 425 g/mol. The van der Waals surface area contributed by atoms with Crippen LogP contribution >= 0.6 is 0 Å². The number of hydrogen-bond donors (Lipinski definition) is 1. The molecule has 0 saturated carbocycles. The van der Waals surface area contributed by atoms with E-state index in [4.69, 9.17) is 9.47 Å². The predicted octanol–water partition coefficient (Wildman–Crippen LogP) is 4.68. The van der Waals surface area contributed by atoms with Crippen molar-refractivity contribution in [2.45, 2.75) is 65.1 Å². The van der Waals surface area contributed by atoms with Gasteiger partial charge in [-0.3, -0.25) is 9.69 Å². The van der Waals surface area contributed by atoms with E-state index in [-0.39, 0.29) is 11.9 Å². The van der Waals surface area contributed by atoms with Crippen LogP contribution in [0.25, 0.3) is 0 Å². The highest BCUT2D eigenvalue weighted by Gasteiger charge is 2.24. The molecule has 1 saturated heterocycles. The molecule has 0 spiro atoms. The van der Waals surface area contributed by atoms with E-state index in [1.165, 1.54) is 5.56 Å². The lowest BCUT2D eigenvalue weighted by molar-refractivity contribution is -0.128. The Morgan fingerprint density at radius 3 is 2.48 bits per heavy atom. The number of likely N-dealkylation sites (tertiary alicyclic amines) is 1. The van der Waals surface area contributed by atoms with Crippen molar-refractivity contribution in [3.05, 3.63) is 59.2 Å². The van der Waals surface area contributed by atoms with Crippen molar-refractivity contribution in [1.29, 1.82) is 0 Å². The average Bonchev–Trinajstić information content (AvgIpc) is 2.75. The van der Waals surface area contributed by atoms with Gasteiger partial charge in [-0.05, 0) is 55.9 Å². The number of nitrogens with one attached hydrogen (secondary N) is 1. The van der Waals surface area contributed by atoms with Gasteiger partial charge >= 0.3 is 0 Å². The minimum atomic E-state index is -0.522. The quantitative estimate of drug-likeness (QED) is 0.669. The molecule has 0 bridgehead atoms. The second-order valence-electron chi connectivity index (χ2n) is 8.83. The molecular weight excluding hydrogens is 388 g/mol. The van der Waals surface area contributed by atoms with E-state index in [0.717, 1.165) is 55.1 Å². The number of piperidine rings is 1. The lowest BCUT2D eigenvalue weighted by Gasteiger charge is -2.33. The smallest absolute Gasteiger partial charge is 0.260 e. The van der Waals surface area contributed by atoms with Gasteiger partial charge in [-0.15, -0.1) is 0 Å². The Labute approximate surface area is 186 Å². The summed E-state index contributed by atoms with van der Waals surface area (Å²) in [6, 6.07) is 14.6. The van der Waals surface area contributed by atoms with Crippen molar-refractivity contribution in [2.75, 3.05) is 20.2 Å². The largest absolute Gasteiger partial charge is 0.496 e. The number of nitrogens with zero attached hydrogens (tertiary/aromatic N) is 1. The third kappa shape index (κ3) is 6.23. The zero-order chi connectivity index (χ0) is 22.4. The Morgan fingerprint density at radius 2 is 1.81 bits per heavy atom. The molecule has 1 unspecified atom stereocenters. The lowest BCUT2D eigenvalue weighted by atomic mass is 10.0. The van der Waals surface area contributed by atoms with Gasteiger partial charge in [0.1, 0.15) is 11.5 Å². The molecule has 1 N–H and O–H groups in total. The molecule has 1 atom stereocenters. The van der Waals surface area contributed by atoms with Gasteiger partial charge in [0.2, 0.25) is 0 Å². The molecule has 1 heterocycles.